The summed E-state index contributed by atoms with van der Waals surface area (Å²) in [5.41, 5.74) is -2.05. The molecule has 82 valence electrons. The number of carbonyl (C=O) groups is 1. The van der Waals surface area contributed by atoms with Gasteiger partial charge in [0.2, 0.25) is 0 Å². The lowest BCUT2D eigenvalue weighted by Crippen LogP contribution is -2.46. The van der Waals surface area contributed by atoms with E-state index >= 15 is 0 Å². The van der Waals surface area contributed by atoms with Gasteiger partial charge < -0.3 is 5.11 Å². The maximum Gasteiger partial charge on any atom is 0.523 e. The number of hydrogen-bond donors (Lipinski definition) is 1. The molecular formula is C8H11F3O3. The fourth-order valence-corrected chi connectivity index (χ4v) is 1.70. The van der Waals surface area contributed by atoms with Crippen LogP contribution in [0.1, 0.15) is 32.1 Å². The number of ether oxygens (including phenoxy) is 1. The zero-order chi connectivity index (χ0) is 10.8. The maximum absolute atomic E-state index is 12.0. The number of halogens is 3. The summed E-state index contributed by atoms with van der Waals surface area (Å²) < 4.78 is 39.6. The zero-order valence-corrected chi connectivity index (χ0v) is 7.43. The molecule has 1 aliphatic carbocycles. The van der Waals surface area contributed by atoms with Crippen molar-refractivity contribution in [3.63, 3.8) is 0 Å². The van der Waals surface area contributed by atoms with Crippen LogP contribution in [0.15, 0.2) is 0 Å². The van der Waals surface area contributed by atoms with Gasteiger partial charge in [0.05, 0.1) is 0 Å². The molecule has 0 atom stereocenters. The fourth-order valence-electron chi connectivity index (χ4n) is 1.70. The standard InChI is InChI=1S/C8H11F3O3/c9-8(10,11)14-7(6(12)13)4-2-1-3-5-7/h1-5H2,(H,12,13). The van der Waals surface area contributed by atoms with Gasteiger partial charge in [-0.05, 0) is 25.7 Å². The minimum Gasteiger partial charge on any atom is -0.479 e. The average Bonchev–Trinajstić information content (AvgIpc) is 2.02. The van der Waals surface area contributed by atoms with Gasteiger partial charge in [0.1, 0.15) is 0 Å². The van der Waals surface area contributed by atoms with E-state index in [1.807, 2.05) is 0 Å². The Kier molecular flexibility index (Phi) is 3.04. The van der Waals surface area contributed by atoms with E-state index in [1.54, 1.807) is 0 Å². The van der Waals surface area contributed by atoms with Crippen LogP contribution in [0.4, 0.5) is 13.2 Å². The lowest BCUT2D eigenvalue weighted by molar-refractivity contribution is -0.365. The second-order valence-corrected chi connectivity index (χ2v) is 3.41. The fraction of sp³-hybridized carbons (Fsp3) is 0.875. The van der Waals surface area contributed by atoms with Gasteiger partial charge in [-0.15, -0.1) is 13.2 Å². The molecule has 0 spiro atoms. The van der Waals surface area contributed by atoms with Crippen LogP contribution in [0.5, 0.6) is 0 Å². The highest BCUT2D eigenvalue weighted by atomic mass is 19.4. The number of hydrogen-bond acceptors (Lipinski definition) is 2. The van der Waals surface area contributed by atoms with Gasteiger partial charge >= 0.3 is 12.3 Å². The van der Waals surface area contributed by atoms with E-state index in [0.29, 0.717) is 12.8 Å². The summed E-state index contributed by atoms with van der Waals surface area (Å²) in [6.07, 6.45) is -3.33. The largest absolute Gasteiger partial charge is 0.523 e. The first-order chi connectivity index (χ1) is 6.36. The second-order valence-electron chi connectivity index (χ2n) is 3.41. The molecule has 3 nitrogen and oxygen atoms in total. The molecule has 0 bridgehead atoms. The number of carboxylic acids is 1. The van der Waals surface area contributed by atoms with Gasteiger partial charge in [0.15, 0.2) is 5.60 Å². The van der Waals surface area contributed by atoms with E-state index < -0.39 is 17.9 Å². The Hall–Kier alpha value is -0.780. The Morgan fingerprint density at radius 3 is 2.07 bits per heavy atom. The van der Waals surface area contributed by atoms with Crippen LogP contribution < -0.4 is 0 Å². The van der Waals surface area contributed by atoms with Gasteiger partial charge in [-0.25, -0.2) is 4.79 Å². The summed E-state index contributed by atoms with van der Waals surface area (Å²) in [6, 6.07) is 0. The summed E-state index contributed by atoms with van der Waals surface area (Å²) in [5.74, 6) is -1.52. The molecule has 0 unspecified atom stereocenters. The van der Waals surface area contributed by atoms with Crippen molar-refractivity contribution in [1.82, 2.24) is 0 Å². The van der Waals surface area contributed by atoms with Crippen LogP contribution in [0.2, 0.25) is 0 Å². The van der Waals surface area contributed by atoms with Crippen LogP contribution in [-0.4, -0.2) is 23.0 Å². The lowest BCUT2D eigenvalue weighted by Gasteiger charge is -2.33. The molecule has 0 aliphatic heterocycles. The van der Waals surface area contributed by atoms with E-state index in [2.05, 4.69) is 4.74 Å². The number of alkyl halides is 3. The summed E-state index contributed by atoms with van der Waals surface area (Å²) >= 11 is 0. The van der Waals surface area contributed by atoms with E-state index in [1.165, 1.54) is 0 Å². The third-order valence-electron chi connectivity index (χ3n) is 2.36. The quantitative estimate of drug-likeness (QED) is 0.763. The highest BCUT2D eigenvalue weighted by Gasteiger charge is 2.49. The Bertz CT molecular complexity index is 218. The first-order valence-electron chi connectivity index (χ1n) is 4.36. The van der Waals surface area contributed by atoms with Crippen LogP contribution in [-0.2, 0) is 9.53 Å². The summed E-state index contributed by atoms with van der Waals surface area (Å²) in [5, 5.41) is 8.73. The van der Waals surface area contributed by atoms with Gasteiger partial charge in [-0.3, -0.25) is 4.74 Å². The van der Waals surface area contributed by atoms with Crippen molar-refractivity contribution in [1.29, 1.82) is 0 Å². The first-order valence-corrected chi connectivity index (χ1v) is 4.36. The molecule has 0 aromatic heterocycles. The minimum atomic E-state index is -4.88. The van der Waals surface area contributed by atoms with Crippen molar-refractivity contribution < 1.29 is 27.8 Å². The highest BCUT2D eigenvalue weighted by Crippen LogP contribution is 2.37. The topological polar surface area (TPSA) is 46.5 Å². The smallest absolute Gasteiger partial charge is 0.479 e. The monoisotopic (exact) mass is 212 g/mol. The van der Waals surface area contributed by atoms with Gasteiger partial charge in [0, 0.05) is 0 Å². The van der Waals surface area contributed by atoms with E-state index in [0.717, 1.165) is 6.42 Å². The molecule has 1 aliphatic rings. The van der Waals surface area contributed by atoms with Gasteiger partial charge in [-0.2, -0.15) is 0 Å². The van der Waals surface area contributed by atoms with E-state index in [9.17, 15) is 18.0 Å². The third-order valence-corrected chi connectivity index (χ3v) is 2.36. The Morgan fingerprint density at radius 2 is 1.71 bits per heavy atom. The molecule has 0 aromatic rings. The molecule has 1 rings (SSSR count). The molecule has 0 radical (unpaired) electrons. The average molecular weight is 212 g/mol. The molecule has 14 heavy (non-hydrogen) atoms. The van der Waals surface area contributed by atoms with Crippen LogP contribution >= 0.6 is 0 Å². The summed E-state index contributed by atoms with van der Waals surface area (Å²) in [4.78, 5) is 10.7. The van der Waals surface area contributed by atoms with Crippen molar-refractivity contribution in [2.45, 2.75) is 44.1 Å². The lowest BCUT2D eigenvalue weighted by atomic mass is 9.85. The van der Waals surface area contributed by atoms with Crippen molar-refractivity contribution in [3.8, 4) is 0 Å². The summed E-state index contributed by atoms with van der Waals surface area (Å²) in [6.45, 7) is 0. The van der Waals surface area contributed by atoms with Crippen molar-refractivity contribution in [3.05, 3.63) is 0 Å². The zero-order valence-electron chi connectivity index (χ0n) is 7.43. The minimum absolute atomic E-state index is 0.0676. The van der Waals surface area contributed by atoms with E-state index in [4.69, 9.17) is 5.11 Å². The van der Waals surface area contributed by atoms with Crippen molar-refractivity contribution in [2.75, 3.05) is 0 Å². The third kappa shape index (κ3) is 2.60. The molecule has 0 aromatic carbocycles. The van der Waals surface area contributed by atoms with Gasteiger partial charge in [-0.1, -0.05) is 6.42 Å². The maximum atomic E-state index is 12.0. The molecule has 0 heterocycles. The normalized spacial score (nSPS) is 21.9. The van der Waals surface area contributed by atoms with Crippen LogP contribution in [0, 0.1) is 0 Å². The Balaban J connectivity index is 2.76. The van der Waals surface area contributed by atoms with Crippen LogP contribution in [0.3, 0.4) is 0 Å². The molecule has 0 saturated heterocycles. The SMILES string of the molecule is O=C(O)C1(OC(F)(F)F)CCCCC1. The number of rotatable bonds is 2. The molecule has 1 N–H and O–H groups in total. The van der Waals surface area contributed by atoms with E-state index in [-0.39, 0.29) is 12.8 Å². The highest BCUT2D eigenvalue weighted by molar-refractivity contribution is 5.77. The molecule has 1 saturated carbocycles. The molecule has 1 fully saturated rings. The number of carboxylic acid groups (broad SMARTS) is 1. The molecular weight excluding hydrogens is 201 g/mol. The number of aliphatic carboxylic acids is 1. The second kappa shape index (κ2) is 3.76. The predicted molar refractivity (Wildman–Crippen MR) is 40.6 cm³/mol. The predicted octanol–water partition coefficient (Wildman–Crippen LogP) is 2.31. The van der Waals surface area contributed by atoms with Gasteiger partial charge in [0.25, 0.3) is 0 Å². The first kappa shape index (κ1) is 11.3. The Labute approximate surface area is 78.9 Å². The van der Waals surface area contributed by atoms with Crippen molar-refractivity contribution in [2.24, 2.45) is 0 Å². The molecule has 0 amide bonds. The van der Waals surface area contributed by atoms with Crippen molar-refractivity contribution >= 4 is 5.97 Å². The van der Waals surface area contributed by atoms with Crippen LogP contribution in [0.25, 0.3) is 0 Å². The molecule has 6 heteroatoms. The summed E-state index contributed by atoms with van der Waals surface area (Å²) in [7, 11) is 0. The Morgan fingerprint density at radius 1 is 1.21 bits per heavy atom.